The second-order valence-electron chi connectivity index (χ2n) is 4.50. The molecule has 0 amide bonds. The lowest BCUT2D eigenvalue weighted by Gasteiger charge is -2.10. The second kappa shape index (κ2) is 6.25. The maximum absolute atomic E-state index is 5.85. The number of benzene rings is 2. The van der Waals surface area contributed by atoms with E-state index in [-0.39, 0.29) is 6.04 Å². The summed E-state index contributed by atoms with van der Waals surface area (Å²) in [4.78, 5) is 0. The van der Waals surface area contributed by atoms with Crippen molar-refractivity contribution in [3.63, 3.8) is 0 Å². The number of hydrogen-bond acceptors (Lipinski definition) is 3. The molecule has 0 aliphatic carbocycles. The number of rotatable bonds is 5. The van der Waals surface area contributed by atoms with E-state index in [1.807, 2.05) is 55.5 Å². The highest BCUT2D eigenvalue weighted by Crippen LogP contribution is 2.19. The fourth-order valence-electron chi connectivity index (χ4n) is 1.78. The molecule has 2 rings (SSSR count). The summed E-state index contributed by atoms with van der Waals surface area (Å²) < 4.78 is 10.9. The summed E-state index contributed by atoms with van der Waals surface area (Å²) in [6.45, 7) is 2.50. The molecule has 2 aromatic carbocycles. The van der Waals surface area contributed by atoms with Gasteiger partial charge in [0.1, 0.15) is 18.1 Å². The smallest absolute Gasteiger partial charge is 0.120 e. The lowest BCUT2D eigenvalue weighted by molar-refractivity contribution is 0.305. The Morgan fingerprint density at radius 3 is 2.42 bits per heavy atom. The third kappa shape index (κ3) is 3.73. The summed E-state index contributed by atoms with van der Waals surface area (Å²) in [6, 6.07) is 15.7. The van der Waals surface area contributed by atoms with Crippen molar-refractivity contribution < 1.29 is 9.47 Å². The van der Waals surface area contributed by atoms with Crippen LogP contribution < -0.4 is 15.2 Å². The van der Waals surface area contributed by atoms with Crippen molar-refractivity contribution in [2.45, 2.75) is 19.6 Å². The van der Waals surface area contributed by atoms with Crippen LogP contribution in [0.2, 0.25) is 0 Å². The van der Waals surface area contributed by atoms with E-state index >= 15 is 0 Å². The zero-order valence-electron chi connectivity index (χ0n) is 11.3. The highest BCUT2D eigenvalue weighted by molar-refractivity contribution is 5.31. The summed E-state index contributed by atoms with van der Waals surface area (Å²) >= 11 is 0. The largest absolute Gasteiger partial charge is 0.497 e. The summed E-state index contributed by atoms with van der Waals surface area (Å²) in [7, 11) is 1.66. The first-order chi connectivity index (χ1) is 9.19. The summed E-state index contributed by atoms with van der Waals surface area (Å²) in [5.41, 5.74) is 8.03. The first-order valence-electron chi connectivity index (χ1n) is 6.30. The summed E-state index contributed by atoms with van der Waals surface area (Å²) in [5.74, 6) is 1.69. The molecule has 2 aromatic rings. The van der Waals surface area contributed by atoms with Crippen LogP contribution in [0.1, 0.15) is 24.1 Å². The predicted molar refractivity (Wildman–Crippen MR) is 76.4 cm³/mol. The van der Waals surface area contributed by atoms with Gasteiger partial charge in [-0.25, -0.2) is 0 Å². The number of ether oxygens (including phenoxy) is 2. The van der Waals surface area contributed by atoms with Crippen LogP contribution in [-0.2, 0) is 6.61 Å². The molecule has 0 unspecified atom stereocenters. The van der Waals surface area contributed by atoms with E-state index in [9.17, 15) is 0 Å². The molecule has 0 spiro atoms. The molecule has 3 nitrogen and oxygen atoms in total. The van der Waals surface area contributed by atoms with Crippen molar-refractivity contribution in [3.05, 3.63) is 59.7 Å². The third-order valence-corrected chi connectivity index (χ3v) is 2.95. The Morgan fingerprint density at radius 1 is 1.05 bits per heavy atom. The van der Waals surface area contributed by atoms with E-state index < -0.39 is 0 Å². The zero-order chi connectivity index (χ0) is 13.7. The van der Waals surface area contributed by atoms with E-state index in [1.165, 1.54) is 0 Å². The molecule has 0 aliphatic heterocycles. The molecule has 0 saturated carbocycles. The van der Waals surface area contributed by atoms with Gasteiger partial charge < -0.3 is 15.2 Å². The van der Waals surface area contributed by atoms with Crippen LogP contribution in [0.4, 0.5) is 0 Å². The van der Waals surface area contributed by atoms with Crippen LogP contribution in [0.15, 0.2) is 48.5 Å². The maximum atomic E-state index is 5.85. The Kier molecular flexibility index (Phi) is 4.42. The molecule has 0 bridgehead atoms. The fourth-order valence-corrected chi connectivity index (χ4v) is 1.78. The molecule has 0 aliphatic rings. The minimum atomic E-state index is 0.0181. The van der Waals surface area contributed by atoms with Crippen molar-refractivity contribution in [1.29, 1.82) is 0 Å². The quantitative estimate of drug-likeness (QED) is 0.893. The van der Waals surface area contributed by atoms with Gasteiger partial charge in [-0.15, -0.1) is 0 Å². The van der Waals surface area contributed by atoms with E-state index in [4.69, 9.17) is 15.2 Å². The predicted octanol–water partition coefficient (Wildman–Crippen LogP) is 3.29. The van der Waals surface area contributed by atoms with E-state index in [0.29, 0.717) is 6.61 Å². The van der Waals surface area contributed by atoms with Crippen molar-refractivity contribution in [1.82, 2.24) is 0 Å². The lowest BCUT2D eigenvalue weighted by Crippen LogP contribution is -2.05. The maximum Gasteiger partial charge on any atom is 0.120 e. The molecule has 100 valence electrons. The van der Waals surface area contributed by atoms with Gasteiger partial charge in [0.15, 0.2) is 0 Å². The molecular weight excluding hydrogens is 238 g/mol. The van der Waals surface area contributed by atoms with Crippen LogP contribution in [0.3, 0.4) is 0 Å². The molecule has 0 saturated heterocycles. The van der Waals surface area contributed by atoms with Gasteiger partial charge in [0, 0.05) is 6.04 Å². The van der Waals surface area contributed by atoms with Crippen LogP contribution >= 0.6 is 0 Å². The highest BCUT2D eigenvalue weighted by Gasteiger charge is 2.02. The van der Waals surface area contributed by atoms with Gasteiger partial charge in [0.25, 0.3) is 0 Å². The average molecular weight is 257 g/mol. The molecule has 0 fully saturated rings. The first-order valence-corrected chi connectivity index (χ1v) is 6.30. The van der Waals surface area contributed by atoms with Gasteiger partial charge >= 0.3 is 0 Å². The van der Waals surface area contributed by atoms with E-state index in [1.54, 1.807) is 7.11 Å². The van der Waals surface area contributed by atoms with Crippen molar-refractivity contribution in [2.24, 2.45) is 5.73 Å². The molecular formula is C16H19NO2. The monoisotopic (exact) mass is 257 g/mol. The Hall–Kier alpha value is -2.00. The minimum Gasteiger partial charge on any atom is -0.497 e. The average Bonchev–Trinajstić information content (AvgIpc) is 2.46. The van der Waals surface area contributed by atoms with Crippen molar-refractivity contribution in [2.75, 3.05) is 7.11 Å². The van der Waals surface area contributed by atoms with Crippen LogP contribution in [0.5, 0.6) is 11.5 Å². The second-order valence-corrected chi connectivity index (χ2v) is 4.50. The number of hydrogen-bond donors (Lipinski definition) is 1. The molecule has 3 heteroatoms. The lowest BCUT2D eigenvalue weighted by atomic mass is 10.1. The van der Waals surface area contributed by atoms with E-state index in [2.05, 4.69) is 0 Å². The van der Waals surface area contributed by atoms with Crippen LogP contribution in [0, 0.1) is 0 Å². The third-order valence-electron chi connectivity index (χ3n) is 2.95. The Labute approximate surface area is 114 Å². The summed E-state index contributed by atoms with van der Waals surface area (Å²) in [6.07, 6.45) is 0. The van der Waals surface area contributed by atoms with Crippen molar-refractivity contribution >= 4 is 0 Å². The molecule has 0 radical (unpaired) electrons. The minimum absolute atomic E-state index is 0.0181. The van der Waals surface area contributed by atoms with E-state index in [0.717, 1.165) is 22.6 Å². The standard InChI is InChI=1S/C16H19NO2/c1-12(17)14-4-3-5-16(10-14)19-11-13-6-8-15(18-2)9-7-13/h3-10,12H,11,17H2,1-2H3/t12-/m1/s1. The molecule has 1 atom stereocenters. The van der Waals surface area contributed by atoms with Crippen LogP contribution in [0.25, 0.3) is 0 Å². The highest BCUT2D eigenvalue weighted by atomic mass is 16.5. The fraction of sp³-hybridized carbons (Fsp3) is 0.250. The summed E-state index contributed by atoms with van der Waals surface area (Å²) in [5, 5.41) is 0. The Bertz CT molecular complexity index is 521. The van der Waals surface area contributed by atoms with Crippen molar-refractivity contribution in [3.8, 4) is 11.5 Å². The first kappa shape index (κ1) is 13.4. The zero-order valence-corrected chi connectivity index (χ0v) is 11.3. The molecule has 0 heterocycles. The molecule has 19 heavy (non-hydrogen) atoms. The van der Waals surface area contributed by atoms with Gasteiger partial charge in [-0.1, -0.05) is 24.3 Å². The molecule has 2 N–H and O–H groups in total. The van der Waals surface area contributed by atoms with Gasteiger partial charge in [0.05, 0.1) is 7.11 Å². The number of nitrogens with two attached hydrogens (primary N) is 1. The molecule has 0 aromatic heterocycles. The normalized spacial score (nSPS) is 11.9. The van der Waals surface area contributed by atoms with Gasteiger partial charge in [-0.2, -0.15) is 0 Å². The van der Waals surface area contributed by atoms with Crippen LogP contribution in [-0.4, -0.2) is 7.11 Å². The van der Waals surface area contributed by atoms with Gasteiger partial charge in [-0.3, -0.25) is 0 Å². The Balaban J connectivity index is 1.99. The topological polar surface area (TPSA) is 44.5 Å². The SMILES string of the molecule is COc1ccc(COc2cccc([C@@H](C)N)c2)cc1. The van der Waals surface area contributed by atoms with Gasteiger partial charge in [-0.05, 0) is 42.3 Å². The number of methoxy groups -OCH3 is 1. The Morgan fingerprint density at radius 2 is 1.79 bits per heavy atom. The van der Waals surface area contributed by atoms with Gasteiger partial charge in [0.2, 0.25) is 0 Å².